The smallest absolute Gasteiger partial charge is 0.0800 e. The maximum Gasteiger partial charge on any atom is 0.0800 e. The Hall–Kier alpha value is -0.870. The highest BCUT2D eigenvalue weighted by Gasteiger charge is 2.39. The van der Waals surface area contributed by atoms with Gasteiger partial charge in [0.2, 0.25) is 0 Å². The van der Waals surface area contributed by atoms with Crippen molar-refractivity contribution in [3.05, 3.63) is 17.0 Å². The van der Waals surface area contributed by atoms with E-state index < -0.39 is 0 Å². The van der Waals surface area contributed by atoms with Crippen molar-refractivity contribution >= 4 is 0 Å². The fourth-order valence-electron chi connectivity index (χ4n) is 5.55. The lowest BCUT2D eigenvalue weighted by molar-refractivity contribution is 0.181. The summed E-state index contributed by atoms with van der Waals surface area (Å²) in [6, 6.07) is 0. The van der Waals surface area contributed by atoms with Gasteiger partial charge in [-0.25, -0.2) is 0 Å². The van der Waals surface area contributed by atoms with Gasteiger partial charge in [-0.15, -0.1) is 0 Å². The largest absolute Gasteiger partial charge is 0.329 e. The standard InChI is InChI=1S/C21H36N4/c1-20(2,15-22)23-14-17-19(18-6-5-13-25(18)24-17)16-7-11-21(12-8-16)9-3-4-10-21/h16,23H,3-15,22H2,1-2H3. The van der Waals surface area contributed by atoms with Crippen molar-refractivity contribution in [2.24, 2.45) is 11.1 Å². The van der Waals surface area contributed by atoms with Crippen LogP contribution < -0.4 is 11.1 Å². The molecule has 140 valence electrons. The van der Waals surface area contributed by atoms with E-state index in [1.165, 1.54) is 69.9 Å². The molecule has 25 heavy (non-hydrogen) atoms. The van der Waals surface area contributed by atoms with Crippen LogP contribution in [0.25, 0.3) is 0 Å². The van der Waals surface area contributed by atoms with Crippen molar-refractivity contribution in [1.29, 1.82) is 0 Å². The molecule has 1 aliphatic heterocycles. The molecule has 3 N–H and O–H groups in total. The third kappa shape index (κ3) is 3.40. The van der Waals surface area contributed by atoms with Crippen LogP contribution in [0.2, 0.25) is 0 Å². The highest BCUT2D eigenvalue weighted by molar-refractivity contribution is 5.33. The predicted molar refractivity (Wildman–Crippen MR) is 103 cm³/mol. The van der Waals surface area contributed by atoms with Crippen LogP contribution in [0.5, 0.6) is 0 Å². The second-order valence-corrected chi connectivity index (χ2v) is 9.56. The van der Waals surface area contributed by atoms with Gasteiger partial charge in [-0.1, -0.05) is 12.8 Å². The summed E-state index contributed by atoms with van der Waals surface area (Å²) in [6.45, 7) is 6.99. The minimum atomic E-state index is -0.0220. The van der Waals surface area contributed by atoms with Gasteiger partial charge in [-0.05, 0) is 76.5 Å². The number of nitrogens with one attached hydrogen (secondary N) is 1. The lowest BCUT2D eigenvalue weighted by Gasteiger charge is -2.37. The van der Waals surface area contributed by atoms with Crippen LogP contribution in [0, 0.1) is 5.41 Å². The first-order valence-electron chi connectivity index (χ1n) is 10.6. The summed E-state index contributed by atoms with van der Waals surface area (Å²) in [7, 11) is 0. The Labute approximate surface area is 152 Å². The van der Waals surface area contributed by atoms with Crippen LogP contribution in [0.15, 0.2) is 0 Å². The van der Waals surface area contributed by atoms with Crippen molar-refractivity contribution in [3.8, 4) is 0 Å². The Bertz CT molecular complexity index is 600. The molecule has 1 spiro atoms. The van der Waals surface area contributed by atoms with Gasteiger partial charge in [0, 0.05) is 36.4 Å². The van der Waals surface area contributed by atoms with E-state index >= 15 is 0 Å². The fourth-order valence-corrected chi connectivity index (χ4v) is 5.55. The average molecular weight is 345 g/mol. The molecule has 4 nitrogen and oxygen atoms in total. The van der Waals surface area contributed by atoms with Crippen molar-refractivity contribution in [2.45, 2.75) is 103 Å². The minimum absolute atomic E-state index is 0.0220. The highest BCUT2D eigenvalue weighted by atomic mass is 15.3. The number of aromatic nitrogens is 2. The van der Waals surface area contributed by atoms with Gasteiger partial charge in [-0.3, -0.25) is 4.68 Å². The third-order valence-corrected chi connectivity index (χ3v) is 7.32. The number of hydrogen-bond donors (Lipinski definition) is 2. The molecule has 0 radical (unpaired) electrons. The topological polar surface area (TPSA) is 55.9 Å². The van der Waals surface area contributed by atoms with E-state index in [4.69, 9.17) is 10.8 Å². The molecule has 1 aromatic heterocycles. The summed E-state index contributed by atoms with van der Waals surface area (Å²) in [4.78, 5) is 0. The fraction of sp³-hybridized carbons (Fsp3) is 0.857. The van der Waals surface area contributed by atoms with Crippen LogP contribution >= 0.6 is 0 Å². The van der Waals surface area contributed by atoms with Gasteiger partial charge in [-0.2, -0.15) is 5.10 Å². The first-order valence-corrected chi connectivity index (χ1v) is 10.6. The molecule has 0 aromatic carbocycles. The van der Waals surface area contributed by atoms with Crippen LogP contribution in [0.1, 0.15) is 94.5 Å². The first kappa shape index (κ1) is 17.5. The lowest BCUT2D eigenvalue weighted by Crippen LogP contribution is -2.45. The summed E-state index contributed by atoms with van der Waals surface area (Å²) in [5.41, 5.74) is 11.1. The zero-order valence-electron chi connectivity index (χ0n) is 16.2. The van der Waals surface area contributed by atoms with Crippen LogP contribution in [0.4, 0.5) is 0 Å². The molecule has 3 aliphatic rings. The predicted octanol–water partition coefficient (Wildman–Crippen LogP) is 3.87. The molecule has 1 aromatic rings. The van der Waals surface area contributed by atoms with E-state index in [9.17, 15) is 0 Å². The van der Waals surface area contributed by atoms with Crippen molar-refractivity contribution < 1.29 is 0 Å². The Morgan fingerprint density at radius 1 is 1.16 bits per heavy atom. The molecule has 2 saturated carbocycles. The van der Waals surface area contributed by atoms with Crippen LogP contribution in [-0.2, 0) is 19.5 Å². The van der Waals surface area contributed by atoms with E-state index in [0.717, 1.165) is 19.0 Å². The second kappa shape index (κ2) is 6.70. The zero-order valence-corrected chi connectivity index (χ0v) is 16.2. The highest BCUT2D eigenvalue weighted by Crippen LogP contribution is 2.53. The van der Waals surface area contributed by atoms with Gasteiger partial charge in [0.05, 0.1) is 5.69 Å². The molecule has 0 bridgehead atoms. The monoisotopic (exact) mass is 344 g/mol. The molecule has 2 fully saturated rings. The summed E-state index contributed by atoms with van der Waals surface area (Å²) >= 11 is 0. The van der Waals surface area contributed by atoms with Crippen LogP contribution in [0.3, 0.4) is 0 Å². The summed E-state index contributed by atoms with van der Waals surface area (Å²) < 4.78 is 2.31. The summed E-state index contributed by atoms with van der Waals surface area (Å²) in [6.07, 6.45) is 14.1. The third-order valence-electron chi connectivity index (χ3n) is 7.32. The molecule has 4 heteroatoms. The normalized spacial score (nSPS) is 23.5. The molecule has 0 atom stereocenters. The van der Waals surface area contributed by atoms with E-state index in [-0.39, 0.29) is 5.54 Å². The molecule has 4 rings (SSSR count). The zero-order chi connectivity index (χ0) is 17.5. The van der Waals surface area contributed by atoms with Crippen LogP contribution in [-0.4, -0.2) is 21.9 Å². The SMILES string of the molecule is CC(C)(CN)NCc1nn2c(c1C1CCC3(CCCC3)CC1)CCC2. The van der Waals surface area contributed by atoms with Gasteiger partial charge in [0.25, 0.3) is 0 Å². The van der Waals surface area contributed by atoms with Gasteiger partial charge < -0.3 is 11.1 Å². The molecule has 0 unspecified atom stereocenters. The molecule has 2 heterocycles. The molecular formula is C21H36N4. The Kier molecular flexibility index (Phi) is 4.70. The lowest BCUT2D eigenvalue weighted by atomic mass is 9.67. The minimum Gasteiger partial charge on any atom is -0.329 e. The number of nitrogens with two attached hydrogens (primary N) is 1. The van der Waals surface area contributed by atoms with Gasteiger partial charge in [0.15, 0.2) is 0 Å². The number of nitrogens with zero attached hydrogens (tertiary/aromatic N) is 2. The molecular weight excluding hydrogens is 308 g/mol. The number of fused-ring (bicyclic) bond motifs is 1. The average Bonchev–Trinajstić information content (AvgIpc) is 3.31. The number of hydrogen-bond acceptors (Lipinski definition) is 3. The molecule has 0 saturated heterocycles. The Balaban J connectivity index is 1.52. The Morgan fingerprint density at radius 2 is 1.88 bits per heavy atom. The van der Waals surface area contributed by atoms with Crippen molar-refractivity contribution in [3.63, 3.8) is 0 Å². The van der Waals surface area contributed by atoms with E-state index in [1.54, 1.807) is 11.3 Å². The second-order valence-electron chi connectivity index (χ2n) is 9.56. The maximum absolute atomic E-state index is 5.90. The molecule has 0 amide bonds. The number of rotatable bonds is 5. The number of aryl methyl sites for hydroxylation is 1. The van der Waals surface area contributed by atoms with Crippen molar-refractivity contribution in [2.75, 3.05) is 6.54 Å². The Morgan fingerprint density at radius 3 is 2.56 bits per heavy atom. The van der Waals surface area contributed by atoms with Crippen molar-refractivity contribution in [1.82, 2.24) is 15.1 Å². The molecule has 2 aliphatic carbocycles. The summed E-state index contributed by atoms with van der Waals surface area (Å²) in [5, 5.41) is 8.65. The van der Waals surface area contributed by atoms with E-state index in [0.29, 0.717) is 12.0 Å². The summed E-state index contributed by atoms with van der Waals surface area (Å²) in [5.74, 6) is 0.742. The van der Waals surface area contributed by atoms with E-state index in [1.807, 2.05) is 0 Å². The maximum atomic E-state index is 5.90. The van der Waals surface area contributed by atoms with Gasteiger partial charge >= 0.3 is 0 Å². The first-order chi connectivity index (χ1) is 12.0. The quantitative estimate of drug-likeness (QED) is 0.852. The van der Waals surface area contributed by atoms with E-state index in [2.05, 4.69) is 23.8 Å². The van der Waals surface area contributed by atoms with Gasteiger partial charge in [0.1, 0.15) is 0 Å².